The molecule has 0 aliphatic heterocycles. The van der Waals surface area contributed by atoms with Crippen molar-refractivity contribution >= 4 is 49.8 Å². The Kier molecular flexibility index (Phi) is 8.29. The number of nitrogens with zero attached hydrogens (tertiary/aromatic N) is 8. The zero-order valence-corrected chi connectivity index (χ0v) is 31.7. The second kappa shape index (κ2) is 14.4. The molecule has 11 rings (SSSR count). The van der Waals surface area contributed by atoms with Gasteiger partial charge in [0.05, 0.1) is 16.6 Å². The molecule has 0 saturated heterocycles. The first kappa shape index (κ1) is 34.1. The van der Waals surface area contributed by atoms with Gasteiger partial charge in [0.25, 0.3) is 0 Å². The number of hydrogen-bond donors (Lipinski definition) is 0. The third-order valence-electron chi connectivity index (χ3n) is 10.9. The molecule has 0 atom stereocenters. The van der Waals surface area contributed by atoms with Crippen molar-refractivity contribution in [3.05, 3.63) is 207 Å². The van der Waals surface area contributed by atoms with Crippen LogP contribution in [0.4, 0.5) is 17.1 Å². The van der Waals surface area contributed by atoms with Crippen molar-refractivity contribution < 1.29 is 0 Å². The lowest BCUT2D eigenvalue weighted by atomic mass is 10.0. The molecule has 0 unspecified atom stereocenters. The van der Waals surface area contributed by atoms with Gasteiger partial charge in [-0.25, -0.2) is 24.9 Å². The van der Waals surface area contributed by atoms with E-state index >= 15 is 0 Å². The Hall–Kier alpha value is -8.23. The van der Waals surface area contributed by atoms with Crippen molar-refractivity contribution in [2.75, 3.05) is 4.90 Å². The molecule has 59 heavy (non-hydrogen) atoms. The molecule has 7 aromatic carbocycles. The maximum absolute atomic E-state index is 4.45. The Morgan fingerprint density at radius 1 is 0.390 bits per heavy atom. The standard InChI is InChI=1S/C51H34N8/c1-3-8-40(9-4-1)57-29-26-39-31-49-46(32-48(39)57)45-30-38(18-25-47(45)59(49)41-10-5-2-6-11-41)35-12-19-42(20-13-35)58(43-21-14-36(15-22-43)50-53-27-7-28-54-50)44-23-16-37(17-24-44)51-55-33-52-34-56-51/h1-34H. The minimum Gasteiger partial charge on any atom is -0.317 e. The van der Waals surface area contributed by atoms with E-state index in [0.717, 1.165) is 50.7 Å². The van der Waals surface area contributed by atoms with Crippen LogP contribution in [-0.2, 0) is 0 Å². The highest BCUT2D eigenvalue weighted by Crippen LogP contribution is 2.40. The van der Waals surface area contributed by atoms with Crippen LogP contribution in [0, 0.1) is 0 Å². The number of para-hydroxylation sites is 2. The van der Waals surface area contributed by atoms with Crippen molar-refractivity contribution in [2.45, 2.75) is 0 Å². The summed E-state index contributed by atoms with van der Waals surface area (Å²) in [4.78, 5) is 23.8. The average molecular weight is 759 g/mol. The van der Waals surface area contributed by atoms with E-state index in [9.17, 15) is 0 Å². The molecule has 0 bridgehead atoms. The fourth-order valence-electron chi connectivity index (χ4n) is 8.10. The van der Waals surface area contributed by atoms with Crippen LogP contribution in [0.25, 0.3) is 78.0 Å². The summed E-state index contributed by atoms with van der Waals surface area (Å²) in [6, 6.07) is 62.2. The number of anilines is 3. The second-order valence-corrected chi connectivity index (χ2v) is 14.4. The van der Waals surface area contributed by atoms with Crippen LogP contribution in [0.5, 0.6) is 0 Å². The lowest BCUT2D eigenvalue weighted by molar-refractivity contribution is 1.06. The zero-order chi connectivity index (χ0) is 39.1. The average Bonchev–Trinajstić information content (AvgIpc) is 3.88. The van der Waals surface area contributed by atoms with Gasteiger partial charge in [-0.1, -0.05) is 54.6 Å². The first-order valence-corrected chi connectivity index (χ1v) is 19.5. The van der Waals surface area contributed by atoms with E-state index in [2.05, 4.69) is 203 Å². The molecule has 8 heteroatoms. The van der Waals surface area contributed by atoms with Crippen molar-refractivity contribution in [3.63, 3.8) is 0 Å². The van der Waals surface area contributed by atoms with Gasteiger partial charge in [0.1, 0.15) is 12.7 Å². The van der Waals surface area contributed by atoms with Crippen LogP contribution >= 0.6 is 0 Å². The molecular weight excluding hydrogens is 725 g/mol. The summed E-state index contributed by atoms with van der Waals surface area (Å²) < 4.78 is 4.66. The molecule has 4 heterocycles. The zero-order valence-electron chi connectivity index (χ0n) is 31.7. The Balaban J connectivity index is 1.01. The van der Waals surface area contributed by atoms with Gasteiger partial charge in [0, 0.05) is 74.3 Å². The highest BCUT2D eigenvalue weighted by Gasteiger charge is 2.18. The van der Waals surface area contributed by atoms with Crippen molar-refractivity contribution in [2.24, 2.45) is 0 Å². The Labute approximate surface area is 340 Å². The van der Waals surface area contributed by atoms with E-state index < -0.39 is 0 Å². The number of rotatable bonds is 8. The third kappa shape index (κ3) is 6.16. The van der Waals surface area contributed by atoms with Crippen LogP contribution < -0.4 is 4.90 Å². The molecule has 0 fully saturated rings. The predicted octanol–water partition coefficient (Wildman–Crippen LogP) is 12.2. The number of aromatic nitrogens is 7. The number of fused-ring (bicyclic) bond motifs is 4. The number of benzene rings is 7. The summed E-state index contributed by atoms with van der Waals surface area (Å²) in [5.74, 6) is 1.32. The van der Waals surface area contributed by atoms with Gasteiger partial charge in [-0.15, -0.1) is 0 Å². The molecule has 278 valence electrons. The molecule has 4 aromatic heterocycles. The lowest BCUT2D eigenvalue weighted by Crippen LogP contribution is -2.10. The maximum atomic E-state index is 4.45. The van der Waals surface area contributed by atoms with Crippen LogP contribution in [0.3, 0.4) is 0 Å². The summed E-state index contributed by atoms with van der Waals surface area (Å²) in [7, 11) is 0. The van der Waals surface area contributed by atoms with Gasteiger partial charge in [0.2, 0.25) is 0 Å². The first-order valence-electron chi connectivity index (χ1n) is 19.5. The number of hydrogen-bond acceptors (Lipinski definition) is 6. The van der Waals surface area contributed by atoms with Crippen molar-refractivity contribution in [3.8, 4) is 45.3 Å². The van der Waals surface area contributed by atoms with Crippen molar-refractivity contribution in [1.82, 2.24) is 34.1 Å². The molecule has 0 aliphatic rings. The largest absolute Gasteiger partial charge is 0.317 e. The molecular formula is C51H34N8. The third-order valence-corrected chi connectivity index (χ3v) is 10.9. The van der Waals surface area contributed by atoms with E-state index in [1.54, 1.807) is 12.4 Å². The van der Waals surface area contributed by atoms with E-state index in [1.807, 2.05) is 18.2 Å². The second-order valence-electron chi connectivity index (χ2n) is 14.4. The topological polar surface area (TPSA) is 77.6 Å². The van der Waals surface area contributed by atoms with E-state index in [-0.39, 0.29) is 0 Å². The molecule has 11 aromatic rings. The highest BCUT2D eigenvalue weighted by molar-refractivity contribution is 6.14. The molecule has 0 radical (unpaired) electrons. The minimum atomic E-state index is 0.632. The molecule has 0 saturated carbocycles. The molecule has 0 amide bonds. The maximum Gasteiger partial charge on any atom is 0.162 e. The summed E-state index contributed by atoms with van der Waals surface area (Å²) in [6.07, 6.45) is 8.73. The normalized spacial score (nSPS) is 11.4. The van der Waals surface area contributed by atoms with Gasteiger partial charge < -0.3 is 14.0 Å². The van der Waals surface area contributed by atoms with Crippen LogP contribution in [0.15, 0.2) is 207 Å². The van der Waals surface area contributed by atoms with Gasteiger partial charge in [-0.3, -0.25) is 0 Å². The predicted molar refractivity (Wildman–Crippen MR) is 238 cm³/mol. The lowest BCUT2D eigenvalue weighted by Gasteiger charge is -2.26. The summed E-state index contributed by atoms with van der Waals surface area (Å²) in [5.41, 5.74) is 13.0. The van der Waals surface area contributed by atoms with E-state index in [4.69, 9.17) is 0 Å². The van der Waals surface area contributed by atoms with E-state index in [1.165, 1.54) is 45.4 Å². The Bertz CT molecular complexity index is 3130. The molecule has 0 N–H and O–H groups in total. The molecule has 0 aliphatic carbocycles. The van der Waals surface area contributed by atoms with Gasteiger partial charge in [-0.05, 0) is 132 Å². The Morgan fingerprint density at radius 3 is 1.56 bits per heavy atom. The smallest absolute Gasteiger partial charge is 0.162 e. The highest BCUT2D eigenvalue weighted by atomic mass is 15.1. The van der Waals surface area contributed by atoms with E-state index in [0.29, 0.717) is 11.6 Å². The minimum absolute atomic E-state index is 0.632. The first-order chi connectivity index (χ1) is 29.2. The SMILES string of the molecule is c1ccc(-n2ccc3cc4c(cc32)c2cc(-c3ccc(N(c5ccc(-c6ncccn6)cc5)c5ccc(-c6ncncn6)cc5)cc3)ccc2n4-c2ccccc2)cc1. The van der Waals surface area contributed by atoms with Crippen LogP contribution in [-0.4, -0.2) is 34.1 Å². The van der Waals surface area contributed by atoms with Gasteiger partial charge in [0.15, 0.2) is 11.6 Å². The molecule has 0 spiro atoms. The molecule has 8 nitrogen and oxygen atoms in total. The van der Waals surface area contributed by atoms with Crippen molar-refractivity contribution in [1.29, 1.82) is 0 Å². The summed E-state index contributed by atoms with van der Waals surface area (Å²) in [6.45, 7) is 0. The van der Waals surface area contributed by atoms with Gasteiger partial charge in [-0.2, -0.15) is 0 Å². The fourth-order valence-corrected chi connectivity index (χ4v) is 8.10. The van der Waals surface area contributed by atoms with Crippen LogP contribution in [0.2, 0.25) is 0 Å². The quantitative estimate of drug-likeness (QED) is 0.154. The van der Waals surface area contributed by atoms with Gasteiger partial charge >= 0.3 is 0 Å². The fraction of sp³-hybridized carbons (Fsp3) is 0. The summed E-state index contributed by atoms with van der Waals surface area (Å²) in [5, 5.41) is 3.61. The Morgan fingerprint density at radius 2 is 0.932 bits per heavy atom. The van der Waals surface area contributed by atoms with Crippen LogP contribution in [0.1, 0.15) is 0 Å². The summed E-state index contributed by atoms with van der Waals surface area (Å²) >= 11 is 0. The monoisotopic (exact) mass is 758 g/mol.